The summed E-state index contributed by atoms with van der Waals surface area (Å²) in [6, 6.07) is 13.1. The summed E-state index contributed by atoms with van der Waals surface area (Å²) in [5.41, 5.74) is 2.24. The molecule has 156 valence electrons. The van der Waals surface area contributed by atoms with Gasteiger partial charge in [-0.15, -0.1) is 0 Å². The maximum atomic E-state index is 13.4. The number of hydrogen-bond acceptors (Lipinski definition) is 3. The second kappa shape index (κ2) is 9.50. The third-order valence-corrected chi connectivity index (χ3v) is 7.25. The Morgan fingerprint density at radius 3 is 2.55 bits per heavy atom. The van der Waals surface area contributed by atoms with Crippen LogP contribution in [0.4, 0.5) is 4.39 Å². The number of sulfonamides is 1. The minimum Gasteiger partial charge on any atom is -0.352 e. The summed E-state index contributed by atoms with van der Waals surface area (Å²) in [7, 11) is -3.67. The van der Waals surface area contributed by atoms with Gasteiger partial charge in [-0.25, -0.2) is 12.8 Å². The molecule has 0 unspecified atom stereocenters. The van der Waals surface area contributed by atoms with Crippen LogP contribution in [0, 0.1) is 18.7 Å². The Kier molecular flexibility index (Phi) is 7.03. The fourth-order valence-corrected chi connectivity index (χ4v) is 5.16. The molecule has 0 atom stereocenters. The van der Waals surface area contributed by atoms with Crippen LogP contribution in [0.25, 0.3) is 0 Å². The minimum atomic E-state index is -3.67. The Bertz CT molecular complexity index is 954. The van der Waals surface area contributed by atoms with Gasteiger partial charge >= 0.3 is 0 Å². The van der Waals surface area contributed by atoms with Crippen LogP contribution in [-0.2, 0) is 21.4 Å². The molecule has 0 spiro atoms. The van der Waals surface area contributed by atoms with E-state index in [9.17, 15) is 17.6 Å². The molecule has 0 aromatic heterocycles. The van der Waals surface area contributed by atoms with E-state index in [-0.39, 0.29) is 10.8 Å². The molecule has 7 heteroatoms. The number of carbonyl (C=O) groups is 1. The second-order valence-corrected chi connectivity index (χ2v) is 9.55. The van der Waals surface area contributed by atoms with Crippen molar-refractivity contribution >= 4 is 15.9 Å². The highest BCUT2D eigenvalue weighted by molar-refractivity contribution is 7.89. The molecule has 0 bridgehead atoms. The Balaban J connectivity index is 1.43. The minimum absolute atomic E-state index is 0.00789. The topological polar surface area (TPSA) is 66.5 Å². The number of nitrogens with zero attached hydrogens (tertiary/aromatic N) is 1. The number of halogens is 1. The van der Waals surface area contributed by atoms with Gasteiger partial charge in [0.15, 0.2) is 0 Å². The molecule has 0 aliphatic carbocycles. The van der Waals surface area contributed by atoms with Crippen LogP contribution < -0.4 is 5.32 Å². The maximum absolute atomic E-state index is 13.4. The lowest BCUT2D eigenvalue weighted by atomic mass is 9.93. The number of carbonyl (C=O) groups excluding carboxylic acids is 1. The van der Waals surface area contributed by atoms with Gasteiger partial charge in [-0.05, 0) is 55.9 Å². The van der Waals surface area contributed by atoms with Gasteiger partial charge in [0.1, 0.15) is 5.82 Å². The van der Waals surface area contributed by atoms with Crippen LogP contribution >= 0.6 is 0 Å². The van der Waals surface area contributed by atoms with Crippen LogP contribution in [0.1, 0.15) is 36.8 Å². The van der Waals surface area contributed by atoms with E-state index in [1.807, 2.05) is 25.1 Å². The van der Waals surface area contributed by atoms with Crippen molar-refractivity contribution in [2.24, 2.45) is 5.92 Å². The number of aryl methyl sites for hydroxylation is 1. The predicted molar refractivity (Wildman–Crippen MR) is 110 cm³/mol. The van der Waals surface area contributed by atoms with Crippen molar-refractivity contribution in [3.8, 4) is 0 Å². The van der Waals surface area contributed by atoms with Crippen molar-refractivity contribution in [3.05, 3.63) is 65.5 Å². The van der Waals surface area contributed by atoms with Crippen molar-refractivity contribution in [3.63, 3.8) is 0 Å². The van der Waals surface area contributed by atoms with Crippen molar-refractivity contribution in [2.45, 2.75) is 44.0 Å². The highest BCUT2D eigenvalue weighted by atomic mass is 32.2. The summed E-state index contributed by atoms with van der Waals surface area (Å²) in [6.45, 7) is 3.33. The summed E-state index contributed by atoms with van der Waals surface area (Å²) in [4.78, 5) is 12.1. The Morgan fingerprint density at radius 1 is 1.14 bits per heavy atom. The summed E-state index contributed by atoms with van der Waals surface area (Å²) in [6.07, 6.45) is 2.60. The van der Waals surface area contributed by atoms with Gasteiger partial charge in [-0.3, -0.25) is 4.79 Å². The molecule has 1 aliphatic heterocycles. The van der Waals surface area contributed by atoms with Crippen molar-refractivity contribution in [1.29, 1.82) is 0 Å². The Labute approximate surface area is 172 Å². The van der Waals surface area contributed by atoms with Gasteiger partial charge in [-0.1, -0.05) is 35.9 Å². The highest BCUT2D eigenvalue weighted by Crippen LogP contribution is 2.26. The maximum Gasteiger partial charge on any atom is 0.243 e. The second-order valence-electron chi connectivity index (χ2n) is 7.61. The zero-order chi connectivity index (χ0) is 20.9. The molecule has 0 radical (unpaired) electrons. The van der Waals surface area contributed by atoms with E-state index in [1.165, 1.54) is 22.5 Å². The van der Waals surface area contributed by atoms with Gasteiger partial charge in [0, 0.05) is 26.1 Å². The molecule has 0 saturated carbocycles. The fraction of sp³-hybridized carbons (Fsp3) is 0.409. The van der Waals surface area contributed by atoms with Crippen LogP contribution in [0.2, 0.25) is 0 Å². The summed E-state index contributed by atoms with van der Waals surface area (Å²) in [5, 5.41) is 2.94. The monoisotopic (exact) mass is 418 g/mol. The molecule has 29 heavy (non-hydrogen) atoms. The summed E-state index contributed by atoms with van der Waals surface area (Å²) >= 11 is 0. The highest BCUT2D eigenvalue weighted by Gasteiger charge is 2.29. The van der Waals surface area contributed by atoms with Gasteiger partial charge in [0.05, 0.1) is 4.90 Å². The zero-order valence-electron chi connectivity index (χ0n) is 16.6. The summed E-state index contributed by atoms with van der Waals surface area (Å²) in [5.74, 6) is -0.224. The first kappa shape index (κ1) is 21.5. The van der Waals surface area contributed by atoms with Crippen LogP contribution in [-0.4, -0.2) is 31.7 Å². The lowest BCUT2D eigenvalue weighted by molar-refractivity contribution is -0.121. The number of benzene rings is 2. The fourth-order valence-electron chi connectivity index (χ4n) is 3.66. The third-order valence-electron chi connectivity index (χ3n) is 5.36. The molecular formula is C22H27FN2O3S. The molecule has 1 heterocycles. The smallest absolute Gasteiger partial charge is 0.243 e. The van der Waals surface area contributed by atoms with Crippen LogP contribution in [0.15, 0.2) is 53.4 Å². The number of rotatable bonds is 7. The SMILES string of the molecule is Cc1cccc(CNC(=O)CCC2CCN(S(=O)(=O)c3cccc(F)c3)CC2)c1. The average Bonchev–Trinajstić information content (AvgIpc) is 2.71. The molecule has 5 nitrogen and oxygen atoms in total. The van der Waals surface area contributed by atoms with E-state index >= 15 is 0 Å². The van der Waals surface area contributed by atoms with Crippen molar-refractivity contribution in [1.82, 2.24) is 9.62 Å². The van der Waals surface area contributed by atoms with E-state index < -0.39 is 15.8 Å². The van der Waals surface area contributed by atoms with Gasteiger partial charge in [0.2, 0.25) is 15.9 Å². The zero-order valence-corrected chi connectivity index (χ0v) is 17.4. The standard InChI is InChI=1S/C22H27FN2O3S/c1-17-4-2-5-19(14-17)16-24-22(26)9-8-18-10-12-25(13-11-18)29(27,28)21-7-3-6-20(23)15-21/h2-7,14-15,18H,8-13,16H2,1H3,(H,24,26). The third kappa shape index (κ3) is 5.87. The molecule has 1 amide bonds. The first-order chi connectivity index (χ1) is 13.8. The molecule has 3 rings (SSSR count). The lowest BCUT2D eigenvalue weighted by Crippen LogP contribution is -2.38. The van der Waals surface area contributed by atoms with Crippen LogP contribution in [0.5, 0.6) is 0 Å². The predicted octanol–water partition coefficient (Wildman–Crippen LogP) is 3.63. The Hall–Kier alpha value is -2.25. The number of amides is 1. The average molecular weight is 419 g/mol. The van der Waals surface area contributed by atoms with E-state index in [1.54, 1.807) is 0 Å². The summed E-state index contributed by atoms with van der Waals surface area (Å²) < 4.78 is 40.1. The molecular weight excluding hydrogens is 391 g/mol. The van der Waals surface area contributed by atoms with E-state index in [2.05, 4.69) is 11.4 Å². The molecule has 1 N–H and O–H groups in total. The van der Waals surface area contributed by atoms with Gasteiger partial charge < -0.3 is 5.32 Å². The normalized spacial score (nSPS) is 15.9. The van der Waals surface area contributed by atoms with Crippen LogP contribution in [0.3, 0.4) is 0 Å². The first-order valence-electron chi connectivity index (χ1n) is 9.92. The van der Waals surface area contributed by atoms with Gasteiger partial charge in [0.25, 0.3) is 0 Å². The molecule has 1 aliphatic rings. The molecule has 2 aromatic carbocycles. The van der Waals surface area contributed by atoms with Crippen molar-refractivity contribution in [2.75, 3.05) is 13.1 Å². The molecule has 1 saturated heterocycles. The van der Waals surface area contributed by atoms with Gasteiger partial charge in [-0.2, -0.15) is 4.31 Å². The van der Waals surface area contributed by atoms with Crippen molar-refractivity contribution < 1.29 is 17.6 Å². The molecule has 2 aromatic rings. The largest absolute Gasteiger partial charge is 0.352 e. The lowest BCUT2D eigenvalue weighted by Gasteiger charge is -2.31. The number of nitrogens with one attached hydrogen (secondary N) is 1. The Morgan fingerprint density at radius 2 is 1.86 bits per heavy atom. The van der Waals surface area contributed by atoms with E-state index in [0.29, 0.717) is 44.8 Å². The van der Waals surface area contributed by atoms with E-state index in [0.717, 1.165) is 23.6 Å². The number of piperidine rings is 1. The molecule has 1 fully saturated rings. The van der Waals surface area contributed by atoms with E-state index in [4.69, 9.17) is 0 Å². The first-order valence-corrected chi connectivity index (χ1v) is 11.4. The number of hydrogen-bond donors (Lipinski definition) is 1. The quantitative estimate of drug-likeness (QED) is 0.747.